The highest BCUT2D eigenvalue weighted by molar-refractivity contribution is 6.14. The SMILES string of the molecule is CCOC(=O)C1C2COc3ccccc3C2N2C(=O)c3c(C)cc(C)cc3NC(=O)[C@@]12C. The summed E-state index contributed by atoms with van der Waals surface area (Å²) >= 11 is 0. The van der Waals surface area contributed by atoms with Gasteiger partial charge in [-0.2, -0.15) is 0 Å². The second-order valence-electron chi connectivity index (χ2n) is 8.97. The average molecular weight is 434 g/mol. The Balaban J connectivity index is 1.77. The number of carbonyl (C=O) groups is 3. The van der Waals surface area contributed by atoms with Gasteiger partial charge in [0.25, 0.3) is 11.8 Å². The zero-order valence-electron chi connectivity index (χ0n) is 18.6. The first-order valence-corrected chi connectivity index (χ1v) is 10.9. The van der Waals surface area contributed by atoms with Gasteiger partial charge in [0.1, 0.15) is 11.3 Å². The fraction of sp³-hybridized carbons (Fsp3) is 0.400. The minimum Gasteiger partial charge on any atom is -0.493 e. The van der Waals surface area contributed by atoms with Crippen molar-refractivity contribution in [3.63, 3.8) is 0 Å². The first-order valence-electron chi connectivity index (χ1n) is 10.9. The molecule has 0 aromatic heterocycles. The molecule has 3 aliphatic rings. The Hall–Kier alpha value is -3.35. The summed E-state index contributed by atoms with van der Waals surface area (Å²) in [6.07, 6.45) is 0. The van der Waals surface area contributed by atoms with Crippen LogP contribution in [0.1, 0.15) is 46.9 Å². The topological polar surface area (TPSA) is 84.9 Å². The number of hydrogen-bond donors (Lipinski definition) is 1. The number of rotatable bonds is 2. The van der Waals surface area contributed by atoms with E-state index < -0.39 is 29.4 Å². The number of carbonyl (C=O) groups excluding carboxylic acids is 3. The zero-order valence-corrected chi connectivity index (χ0v) is 18.6. The van der Waals surface area contributed by atoms with Crippen LogP contribution in [0.25, 0.3) is 0 Å². The fourth-order valence-electron chi connectivity index (χ4n) is 5.77. The summed E-state index contributed by atoms with van der Waals surface area (Å²) in [6, 6.07) is 10.8. The van der Waals surface area contributed by atoms with Crippen molar-refractivity contribution in [3.8, 4) is 5.75 Å². The molecule has 5 rings (SSSR count). The molecule has 1 saturated heterocycles. The summed E-state index contributed by atoms with van der Waals surface area (Å²) in [4.78, 5) is 42.8. The number of fused-ring (bicyclic) bond motifs is 6. The molecule has 4 atom stereocenters. The first kappa shape index (κ1) is 20.5. The lowest BCUT2D eigenvalue weighted by Crippen LogP contribution is -2.57. The molecule has 0 saturated carbocycles. The third-order valence-electron chi connectivity index (χ3n) is 7.05. The van der Waals surface area contributed by atoms with Crippen molar-refractivity contribution in [3.05, 3.63) is 58.7 Å². The fourth-order valence-corrected chi connectivity index (χ4v) is 5.77. The summed E-state index contributed by atoms with van der Waals surface area (Å²) in [5.74, 6) is -1.75. The number of anilines is 1. The van der Waals surface area contributed by atoms with E-state index in [1.54, 1.807) is 24.8 Å². The lowest BCUT2D eigenvalue weighted by Gasteiger charge is -2.38. The number of nitrogens with zero attached hydrogens (tertiary/aromatic N) is 1. The Morgan fingerprint density at radius 1 is 1.25 bits per heavy atom. The van der Waals surface area contributed by atoms with Gasteiger partial charge in [0.05, 0.1) is 36.4 Å². The molecule has 0 spiro atoms. The molecule has 7 heteroatoms. The second kappa shape index (κ2) is 7.08. The number of amides is 2. The van der Waals surface area contributed by atoms with Crippen molar-refractivity contribution in [1.29, 1.82) is 0 Å². The molecule has 2 amide bonds. The van der Waals surface area contributed by atoms with Crippen LogP contribution in [-0.4, -0.2) is 41.4 Å². The van der Waals surface area contributed by atoms with E-state index in [9.17, 15) is 14.4 Å². The second-order valence-corrected chi connectivity index (χ2v) is 8.97. The molecule has 3 heterocycles. The smallest absolute Gasteiger partial charge is 0.312 e. The van der Waals surface area contributed by atoms with Gasteiger partial charge in [-0.1, -0.05) is 24.3 Å². The summed E-state index contributed by atoms with van der Waals surface area (Å²) in [6.45, 7) is 7.61. The van der Waals surface area contributed by atoms with Crippen LogP contribution in [-0.2, 0) is 14.3 Å². The predicted octanol–water partition coefficient (Wildman–Crippen LogP) is 3.40. The Bertz CT molecular complexity index is 1160. The number of para-hydroxylation sites is 1. The first-order chi connectivity index (χ1) is 15.3. The van der Waals surface area contributed by atoms with Crippen LogP contribution < -0.4 is 10.1 Å². The maximum atomic E-state index is 14.1. The van der Waals surface area contributed by atoms with Crippen molar-refractivity contribution in [2.75, 3.05) is 18.5 Å². The van der Waals surface area contributed by atoms with Gasteiger partial charge in [0, 0.05) is 11.5 Å². The monoisotopic (exact) mass is 434 g/mol. The van der Waals surface area contributed by atoms with Crippen molar-refractivity contribution in [2.24, 2.45) is 11.8 Å². The average Bonchev–Trinajstić information content (AvgIpc) is 2.98. The van der Waals surface area contributed by atoms with Crippen molar-refractivity contribution in [1.82, 2.24) is 4.90 Å². The molecule has 32 heavy (non-hydrogen) atoms. The lowest BCUT2D eigenvalue weighted by atomic mass is 9.77. The molecule has 1 fully saturated rings. The number of hydrogen-bond acceptors (Lipinski definition) is 5. The van der Waals surface area contributed by atoms with Gasteiger partial charge in [-0.05, 0) is 51.0 Å². The standard InChI is InChI=1S/C25H26N2O5/c1-5-31-23(29)20-16-12-32-18-9-7-6-8-15(18)21(16)27-22(28)19-14(3)10-13(2)11-17(19)26-24(30)25(20,27)4/h6-11,16,20-21H,5,12H2,1-4H3,(H,26,30)/t16?,20?,21?,25-/m1/s1. The maximum absolute atomic E-state index is 14.1. The summed E-state index contributed by atoms with van der Waals surface area (Å²) < 4.78 is 11.4. The minimum atomic E-state index is -1.43. The van der Waals surface area contributed by atoms with Crippen LogP contribution in [0.3, 0.4) is 0 Å². The minimum absolute atomic E-state index is 0.189. The number of nitrogens with one attached hydrogen (secondary N) is 1. The molecule has 0 aliphatic carbocycles. The van der Waals surface area contributed by atoms with Crippen molar-refractivity contribution in [2.45, 2.75) is 39.3 Å². The van der Waals surface area contributed by atoms with E-state index in [0.29, 0.717) is 17.0 Å². The van der Waals surface area contributed by atoms with Crippen molar-refractivity contribution >= 4 is 23.5 Å². The number of esters is 1. The highest BCUT2D eigenvalue weighted by atomic mass is 16.5. The van der Waals surface area contributed by atoms with Crippen LogP contribution >= 0.6 is 0 Å². The molecule has 3 aliphatic heterocycles. The lowest BCUT2D eigenvalue weighted by molar-refractivity contribution is -0.155. The predicted molar refractivity (Wildman–Crippen MR) is 117 cm³/mol. The van der Waals surface area contributed by atoms with E-state index in [1.807, 2.05) is 44.2 Å². The van der Waals surface area contributed by atoms with E-state index in [0.717, 1.165) is 16.7 Å². The zero-order chi connectivity index (χ0) is 22.8. The largest absolute Gasteiger partial charge is 0.493 e. The molecule has 2 aromatic rings. The van der Waals surface area contributed by atoms with Gasteiger partial charge >= 0.3 is 5.97 Å². The summed E-state index contributed by atoms with van der Waals surface area (Å²) in [5.41, 5.74) is 2.03. The van der Waals surface area contributed by atoms with Crippen LogP contribution in [0, 0.1) is 25.7 Å². The van der Waals surface area contributed by atoms with E-state index in [2.05, 4.69) is 5.32 Å². The van der Waals surface area contributed by atoms with Gasteiger partial charge in [-0.15, -0.1) is 0 Å². The maximum Gasteiger partial charge on any atom is 0.312 e. The number of aryl methyl sites for hydroxylation is 2. The molecule has 1 N–H and O–H groups in total. The quantitative estimate of drug-likeness (QED) is 0.733. The summed E-state index contributed by atoms with van der Waals surface area (Å²) in [7, 11) is 0. The molecule has 0 radical (unpaired) electrons. The van der Waals surface area contributed by atoms with E-state index in [-0.39, 0.29) is 25.0 Å². The molecule has 3 unspecified atom stereocenters. The van der Waals surface area contributed by atoms with Gasteiger partial charge in [0.2, 0.25) is 0 Å². The Kier molecular flexibility index (Phi) is 4.55. The Labute approximate surface area is 186 Å². The molecule has 0 bridgehead atoms. The van der Waals surface area contributed by atoms with Gasteiger partial charge in [-0.25, -0.2) is 0 Å². The third kappa shape index (κ3) is 2.63. The van der Waals surface area contributed by atoms with E-state index in [1.165, 1.54) is 0 Å². The Morgan fingerprint density at radius 2 is 2.00 bits per heavy atom. The van der Waals surface area contributed by atoms with Crippen LogP contribution in [0.15, 0.2) is 36.4 Å². The summed E-state index contributed by atoms with van der Waals surface area (Å²) in [5, 5.41) is 2.96. The van der Waals surface area contributed by atoms with Crippen molar-refractivity contribution < 1.29 is 23.9 Å². The van der Waals surface area contributed by atoms with Gasteiger partial charge in [-0.3, -0.25) is 14.4 Å². The third-order valence-corrected chi connectivity index (χ3v) is 7.05. The van der Waals surface area contributed by atoms with Crippen LogP contribution in [0.5, 0.6) is 5.75 Å². The van der Waals surface area contributed by atoms with Crippen LogP contribution in [0.4, 0.5) is 5.69 Å². The molecule has 166 valence electrons. The Morgan fingerprint density at radius 3 is 2.75 bits per heavy atom. The molecule has 2 aromatic carbocycles. The van der Waals surface area contributed by atoms with Gasteiger partial charge < -0.3 is 19.7 Å². The van der Waals surface area contributed by atoms with Crippen LogP contribution in [0.2, 0.25) is 0 Å². The van der Waals surface area contributed by atoms with E-state index in [4.69, 9.17) is 9.47 Å². The highest BCUT2D eigenvalue weighted by Crippen LogP contribution is 2.56. The highest BCUT2D eigenvalue weighted by Gasteiger charge is 2.67. The molecular weight excluding hydrogens is 408 g/mol. The number of benzene rings is 2. The van der Waals surface area contributed by atoms with E-state index >= 15 is 0 Å². The normalized spacial score (nSPS) is 27.9. The number of ether oxygens (including phenoxy) is 2. The molecular formula is C25H26N2O5. The molecule has 7 nitrogen and oxygen atoms in total. The van der Waals surface area contributed by atoms with Gasteiger partial charge in [0.15, 0.2) is 0 Å².